The molecule has 9 heteroatoms. The molecular formula is C23H25F2N5O2. The van der Waals surface area contributed by atoms with Crippen molar-refractivity contribution in [1.82, 2.24) is 25.3 Å². The Kier molecular flexibility index (Phi) is 5.36. The van der Waals surface area contributed by atoms with E-state index < -0.39 is 23.5 Å². The average molecular weight is 441 g/mol. The maximum Gasteiger partial charge on any atom is 0.308 e. The number of aryl methyl sites for hydroxylation is 1. The van der Waals surface area contributed by atoms with Crippen LogP contribution >= 0.6 is 0 Å². The fraction of sp³-hybridized carbons (Fsp3) is 0.478. The SMILES string of the molecule is Cc1c(F)cnc2[nH]cc(-c3ncc(F)c(CNC4C5CCCC(CC5)C4C(=O)O)n3)c12. The van der Waals surface area contributed by atoms with E-state index in [2.05, 4.69) is 25.3 Å². The number of aromatic amines is 1. The number of rotatable bonds is 5. The number of hydrogen-bond acceptors (Lipinski definition) is 5. The van der Waals surface area contributed by atoms with E-state index in [-0.39, 0.29) is 35.9 Å². The van der Waals surface area contributed by atoms with E-state index in [1.54, 1.807) is 13.1 Å². The standard InChI is InChI=1S/C23H25F2N5O2/c1-11-15(24)8-29-22-18(11)14(7-27-22)21-28-9-16(25)17(30-21)10-26-20-13-4-2-3-12(5-6-13)19(20)23(31)32/h7-9,12-13,19-20,26H,2-6,10H2,1H3,(H,27,29)(H,31,32). The summed E-state index contributed by atoms with van der Waals surface area (Å²) in [5.74, 6) is -1.56. The highest BCUT2D eigenvalue weighted by atomic mass is 19.1. The van der Waals surface area contributed by atoms with Gasteiger partial charge in [-0.3, -0.25) is 4.79 Å². The number of H-pyrrole nitrogens is 1. The topological polar surface area (TPSA) is 104 Å². The highest BCUT2D eigenvalue weighted by Gasteiger charge is 2.45. The molecule has 3 aliphatic carbocycles. The van der Waals surface area contributed by atoms with Crippen LogP contribution < -0.4 is 5.32 Å². The zero-order chi connectivity index (χ0) is 22.4. The Labute approximate surface area is 183 Å². The highest BCUT2D eigenvalue weighted by molar-refractivity contribution is 5.94. The quantitative estimate of drug-likeness (QED) is 0.553. The molecule has 0 aromatic carbocycles. The van der Waals surface area contributed by atoms with Crippen LogP contribution in [-0.4, -0.2) is 37.1 Å². The molecule has 6 rings (SSSR count). The van der Waals surface area contributed by atoms with Crippen LogP contribution in [0.2, 0.25) is 0 Å². The van der Waals surface area contributed by atoms with Gasteiger partial charge >= 0.3 is 5.97 Å². The van der Waals surface area contributed by atoms with Gasteiger partial charge in [0.2, 0.25) is 0 Å². The molecule has 3 fully saturated rings. The van der Waals surface area contributed by atoms with Gasteiger partial charge in [0, 0.05) is 29.7 Å². The largest absolute Gasteiger partial charge is 0.481 e. The molecule has 0 saturated heterocycles. The number of carboxylic acid groups (broad SMARTS) is 1. The van der Waals surface area contributed by atoms with Gasteiger partial charge in [-0.05, 0) is 50.0 Å². The number of carbonyl (C=O) groups is 1. The predicted octanol–water partition coefficient (Wildman–Crippen LogP) is 3.98. The summed E-state index contributed by atoms with van der Waals surface area (Å²) in [6.45, 7) is 1.75. The lowest BCUT2D eigenvalue weighted by Crippen LogP contribution is -2.50. The predicted molar refractivity (Wildman–Crippen MR) is 114 cm³/mol. The maximum atomic E-state index is 14.6. The summed E-state index contributed by atoms with van der Waals surface area (Å²) in [5, 5.41) is 13.7. The zero-order valence-corrected chi connectivity index (χ0v) is 17.7. The number of aromatic nitrogens is 4. The Morgan fingerprint density at radius 3 is 2.72 bits per heavy atom. The van der Waals surface area contributed by atoms with Gasteiger partial charge in [0.1, 0.15) is 11.5 Å². The van der Waals surface area contributed by atoms with Crippen molar-refractivity contribution in [3.63, 3.8) is 0 Å². The summed E-state index contributed by atoms with van der Waals surface area (Å²) in [4.78, 5) is 27.6. The average Bonchev–Trinajstić information content (AvgIpc) is 2.96. The van der Waals surface area contributed by atoms with Gasteiger partial charge in [0.25, 0.3) is 0 Å². The number of nitrogens with one attached hydrogen (secondary N) is 2. The van der Waals surface area contributed by atoms with Crippen LogP contribution in [0.1, 0.15) is 43.4 Å². The van der Waals surface area contributed by atoms with Crippen LogP contribution in [-0.2, 0) is 11.3 Å². The van der Waals surface area contributed by atoms with Gasteiger partial charge < -0.3 is 15.4 Å². The van der Waals surface area contributed by atoms with Crippen molar-refractivity contribution in [2.75, 3.05) is 0 Å². The summed E-state index contributed by atoms with van der Waals surface area (Å²) in [7, 11) is 0. The van der Waals surface area contributed by atoms with Crippen LogP contribution in [0.5, 0.6) is 0 Å². The second-order valence-corrected chi connectivity index (χ2v) is 8.94. The number of pyridine rings is 1. The highest BCUT2D eigenvalue weighted by Crippen LogP contribution is 2.43. The normalized spacial score (nSPS) is 25.2. The summed E-state index contributed by atoms with van der Waals surface area (Å²) < 4.78 is 28.7. The van der Waals surface area contributed by atoms with E-state index in [4.69, 9.17) is 0 Å². The van der Waals surface area contributed by atoms with Gasteiger partial charge in [-0.2, -0.15) is 0 Å². The van der Waals surface area contributed by atoms with Crippen molar-refractivity contribution < 1.29 is 18.7 Å². The molecule has 0 spiro atoms. The second-order valence-electron chi connectivity index (χ2n) is 8.94. The molecule has 0 aliphatic heterocycles. The minimum atomic E-state index is -0.785. The molecule has 2 bridgehead atoms. The second kappa shape index (κ2) is 8.20. The Balaban J connectivity index is 1.44. The maximum absolute atomic E-state index is 14.6. The molecular weight excluding hydrogens is 416 g/mol. The van der Waals surface area contributed by atoms with Gasteiger partial charge in [-0.15, -0.1) is 0 Å². The molecule has 3 aromatic rings. The lowest BCUT2D eigenvalue weighted by atomic mass is 9.71. The third kappa shape index (κ3) is 3.54. The van der Waals surface area contributed by atoms with E-state index in [1.165, 1.54) is 0 Å². The first kappa shape index (κ1) is 20.9. The van der Waals surface area contributed by atoms with Crippen LogP contribution in [0.3, 0.4) is 0 Å². The number of carboxylic acids is 1. The van der Waals surface area contributed by atoms with E-state index in [9.17, 15) is 18.7 Å². The molecule has 3 aliphatic rings. The first-order valence-corrected chi connectivity index (χ1v) is 11.0. The van der Waals surface area contributed by atoms with Crippen molar-refractivity contribution in [2.24, 2.45) is 17.8 Å². The van der Waals surface area contributed by atoms with Crippen LogP contribution in [0.25, 0.3) is 22.4 Å². The molecule has 7 nitrogen and oxygen atoms in total. The van der Waals surface area contributed by atoms with Crippen molar-refractivity contribution in [3.05, 3.63) is 41.5 Å². The molecule has 168 valence electrons. The Bertz CT molecular complexity index is 1180. The Hall–Kier alpha value is -2.94. The van der Waals surface area contributed by atoms with Crippen molar-refractivity contribution in [3.8, 4) is 11.4 Å². The van der Waals surface area contributed by atoms with Crippen LogP contribution in [0.15, 0.2) is 18.6 Å². The molecule has 0 amide bonds. The lowest BCUT2D eigenvalue weighted by Gasteiger charge is -2.38. The number of hydrogen-bond donors (Lipinski definition) is 3. The van der Waals surface area contributed by atoms with Crippen molar-refractivity contribution in [1.29, 1.82) is 0 Å². The monoisotopic (exact) mass is 441 g/mol. The van der Waals surface area contributed by atoms with Crippen molar-refractivity contribution >= 4 is 17.0 Å². The van der Waals surface area contributed by atoms with E-state index in [0.29, 0.717) is 22.2 Å². The Morgan fingerprint density at radius 1 is 1.16 bits per heavy atom. The summed E-state index contributed by atoms with van der Waals surface area (Å²) in [6.07, 6.45) is 8.79. The van der Waals surface area contributed by atoms with Gasteiger partial charge in [0.05, 0.1) is 24.0 Å². The first-order chi connectivity index (χ1) is 15.4. The Morgan fingerprint density at radius 2 is 1.91 bits per heavy atom. The molecule has 4 unspecified atom stereocenters. The summed E-state index contributed by atoms with van der Waals surface area (Å²) in [5.41, 5.74) is 1.63. The minimum absolute atomic E-state index is 0.104. The smallest absolute Gasteiger partial charge is 0.308 e. The molecule has 4 atom stereocenters. The van der Waals surface area contributed by atoms with E-state index >= 15 is 0 Å². The third-order valence-electron chi connectivity index (χ3n) is 7.21. The molecule has 3 aromatic heterocycles. The number of aliphatic carboxylic acids is 1. The lowest BCUT2D eigenvalue weighted by molar-refractivity contribution is -0.146. The number of halogens is 2. The molecule has 32 heavy (non-hydrogen) atoms. The van der Waals surface area contributed by atoms with E-state index in [0.717, 1.165) is 44.5 Å². The summed E-state index contributed by atoms with van der Waals surface area (Å²) in [6, 6.07) is -0.208. The third-order valence-corrected chi connectivity index (χ3v) is 7.21. The van der Waals surface area contributed by atoms with Gasteiger partial charge in [-0.1, -0.05) is 6.42 Å². The van der Waals surface area contributed by atoms with Gasteiger partial charge in [-0.25, -0.2) is 23.7 Å². The van der Waals surface area contributed by atoms with Crippen molar-refractivity contribution in [2.45, 2.75) is 51.6 Å². The van der Waals surface area contributed by atoms with E-state index in [1.807, 2.05) is 0 Å². The zero-order valence-electron chi connectivity index (χ0n) is 17.7. The molecule has 3 saturated carbocycles. The summed E-state index contributed by atoms with van der Waals surface area (Å²) >= 11 is 0. The number of fused-ring (bicyclic) bond motifs is 5. The van der Waals surface area contributed by atoms with Gasteiger partial charge in [0.15, 0.2) is 11.6 Å². The molecule has 3 N–H and O–H groups in total. The first-order valence-electron chi connectivity index (χ1n) is 11.0. The molecule has 3 heterocycles. The number of nitrogens with zero attached hydrogens (tertiary/aromatic N) is 3. The molecule has 0 radical (unpaired) electrons. The minimum Gasteiger partial charge on any atom is -0.481 e. The fourth-order valence-electron chi connectivity index (χ4n) is 5.59. The fourth-order valence-corrected chi connectivity index (χ4v) is 5.59. The van der Waals surface area contributed by atoms with Crippen LogP contribution in [0, 0.1) is 36.3 Å². The van der Waals surface area contributed by atoms with Crippen LogP contribution in [0.4, 0.5) is 8.78 Å².